The molecule has 0 fully saturated rings. The molecule has 0 radical (unpaired) electrons. The van der Waals surface area contributed by atoms with Gasteiger partial charge in [-0.05, 0) is 6.08 Å². The molecule has 0 unspecified atom stereocenters. The highest BCUT2D eigenvalue weighted by Crippen LogP contribution is 2.45. The van der Waals surface area contributed by atoms with Crippen molar-refractivity contribution in [2.24, 2.45) is 0 Å². The topological polar surface area (TPSA) is 104 Å². The van der Waals surface area contributed by atoms with Crippen molar-refractivity contribution in [2.75, 3.05) is 14.2 Å². The summed E-state index contributed by atoms with van der Waals surface area (Å²) in [6, 6.07) is 2.74. The molecule has 0 aliphatic rings. The maximum absolute atomic E-state index is 12.6. The summed E-state index contributed by atoms with van der Waals surface area (Å²) in [4.78, 5) is 32.2. The van der Waals surface area contributed by atoms with E-state index in [1.165, 1.54) is 32.5 Å². The zero-order chi connectivity index (χ0) is 21.1. The molecule has 0 saturated heterocycles. The van der Waals surface area contributed by atoms with Crippen molar-refractivity contribution < 1.29 is 18.7 Å². The lowest BCUT2D eigenvalue weighted by molar-refractivity contribution is -0.116. The minimum Gasteiger partial charge on any atom is -0.495 e. The highest BCUT2D eigenvalue weighted by molar-refractivity contribution is 6.41. The highest BCUT2D eigenvalue weighted by Gasteiger charge is 2.22. The summed E-state index contributed by atoms with van der Waals surface area (Å²) in [6.07, 6.45) is 2.46. The number of benzene rings is 1. The van der Waals surface area contributed by atoms with E-state index in [4.69, 9.17) is 37.1 Å². The van der Waals surface area contributed by atoms with Crippen LogP contribution in [0.4, 0.5) is 0 Å². The molecule has 150 valence electrons. The Morgan fingerprint density at radius 2 is 1.90 bits per heavy atom. The van der Waals surface area contributed by atoms with Crippen LogP contribution in [0.2, 0.25) is 10.0 Å². The van der Waals surface area contributed by atoms with Gasteiger partial charge in [0.2, 0.25) is 11.3 Å². The van der Waals surface area contributed by atoms with Crippen LogP contribution in [-0.4, -0.2) is 30.1 Å². The van der Waals surface area contributed by atoms with Crippen LogP contribution in [0.1, 0.15) is 5.82 Å². The SMILES string of the molecule is C=CC(=O)NCc1ncc2oc(-c3c(Cl)c(OC)cc(OC)c3Cl)cc(=O)c2n1. The number of hydrogen-bond donors (Lipinski definition) is 1. The molecule has 0 atom stereocenters. The van der Waals surface area contributed by atoms with Gasteiger partial charge in [-0.3, -0.25) is 9.59 Å². The predicted octanol–water partition coefficient (Wildman–Crippen LogP) is 3.38. The first-order valence-electron chi connectivity index (χ1n) is 8.20. The molecule has 2 aromatic heterocycles. The highest BCUT2D eigenvalue weighted by atomic mass is 35.5. The van der Waals surface area contributed by atoms with Crippen LogP contribution in [0, 0.1) is 0 Å². The second-order valence-corrected chi connectivity index (χ2v) is 6.44. The second-order valence-electron chi connectivity index (χ2n) is 5.68. The van der Waals surface area contributed by atoms with E-state index in [1.807, 2.05) is 0 Å². The van der Waals surface area contributed by atoms with Gasteiger partial charge in [-0.15, -0.1) is 0 Å². The van der Waals surface area contributed by atoms with E-state index in [0.717, 1.165) is 6.08 Å². The minimum atomic E-state index is -0.436. The van der Waals surface area contributed by atoms with Gasteiger partial charge in [-0.25, -0.2) is 9.97 Å². The Bertz CT molecular complexity index is 1150. The number of halogens is 2. The van der Waals surface area contributed by atoms with E-state index in [0.29, 0.717) is 11.5 Å². The molecule has 2 heterocycles. The molecule has 0 saturated carbocycles. The third kappa shape index (κ3) is 4.03. The summed E-state index contributed by atoms with van der Waals surface area (Å²) in [5.74, 6) is 0.565. The summed E-state index contributed by atoms with van der Waals surface area (Å²) in [5.41, 5.74) is -0.0198. The number of nitrogens with one attached hydrogen (secondary N) is 1. The molecule has 1 amide bonds. The van der Waals surface area contributed by atoms with Gasteiger partial charge in [0.25, 0.3) is 0 Å². The number of methoxy groups -OCH3 is 2. The Morgan fingerprint density at radius 1 is 1.24 bits per heavy atom. The number of fused-ring (bicyclic) bond motifs is 1. The van der Waals surface area contributed by atoms with E-state index in [-0.39, 0.29) is 50.7 Å². The Hall–Kier alpha value is -3.10. The fourth-order valence-electron chi connectivity index (χ4n) is 2.54. The van der Waals surface area contributed by atoms with E-state index in [1.54, 1.807) is 0 Å². The first-order valence-corrected chi connectivity index (χ1v) is 8.95. The van der Waals surface area contributed by atoms with Gasteiger partial charge in [-0.2, -0.15) is 0 Å². The number of nitrogens with zero attached hydrogens (tertiary/aromatic N) is 2. The molecule has 10 heteroatoms. The van der Waals surface area contributed by atoms with Gasteiger partial charge < -0.3 is 19.2 Å². The van der Waals surface area contributed by atoms with Crippen LogP contribution >= 0.6 is 23.2 Å². The first-order chi connectivity index (χ1) is 13.9. The van der Waals surface area contributed by atoms with Gasteiger partial charge in [0, 0.05) is 12.1 Å². The lowest BCUT2D eigenvalue weighted by Gasteiger charge is -2.14. The normalized spacial score (nSPS) is 10.6. The van der Waals surface area contributed by atoms with Crippen molar-refractivity contribution in [3.8, 4) is 22.8 Å². The van der Waals surface area contributed by atoms with Crippen molar-refractivity contribution >= 4 is 40.2 Å². The maximum atomic E-state index is 12.6. The minimum absolute atomic E-state index is 0.0344. The largest absolute Gasteiger partial charge is 0.495 e. The van der Waals surface area contributed by atoms with Gasteiger partial charge in [0.05, 0.1) is 42.6 Å². The molecule has 1 N–H and O–H groups in total. The van der Waals surface area contributed by atoms with E-state index < -0.39 is 5.43 Å². The van der Waals surface area contributed by atoms with E-state index in [2.05, 4.69) is 21.9 Å². The summed E-state index contributed by atoms with van der Waals surface area (Å²) in [7, 11) is 2.88. The number of aromatic nitrogens is 2. The third-order valence-electron chi connectivity index (χ3n) is 3.95. The van der Waals surface area contributed by atoms with Crippen LogP contribution in [0.15, 0.2) is 40.2 Å². The first kappa shape index (κ1) is 20.6. The number of amides is 1. The number of ether oxygens (including phenoxy) is 2. The molecule has 3 aromatic rings. The Labute approximate surface area is 175 Å². The summed E-state index contributed by atoms with van der Waals surface area (Å²) >= 11 is 12.8. The fourth-order valence-corrected chi connectivity index (χ4v) is 3.23. The monoisotopic (exact) mass is 435 g/mol. The number of hydrogen-bond acceptors (Lipinski definition) is 7. The third-order valence-corrected chi connectivity index (χ3v) is 4.70. The van der Waals surface area contributed by atoms with Crippen molar-refractivity contribution in [1.82, 2.24) is 15.3 Å². The molecule has 1 aromatic carbocycles. The molecule has 0 spiro atoms. The van der Waals surface area contributed by atoms with Crippen molar-refractivity contribution in [3.63, 3.8) is 0 Å². The Morgan fingerprint density at radius 3 is 2.48 bits per heavy atom. The van der Waals surface area contributed by atoms with Crippen LogP contribution in [0.5, 0.6) is 11.5 Å². The lowest BCUT2D eigenvalue weighted by atomic mass is 10.1. The van der Waals surface area contributed by atoms with Gasteiger partial charge in [0.1, 0.15) is 23.1 Å². The predicted molar refractivity (Wildman–Crippen MR) is 109 cm³/mol. The molecule has 0 aliphatic heterocycles. The zero-order valence-corrected chi connectivity index (χ0v) is 16.9. The number of rotatable bonds is 6. The van der Waals surface area contributed by atoms with Crippen LogP contribution < -0.4 is 20.2 Å². The average molecular weight is 436 g/mol. The molecular formula is C19H15Cl2N3O5. The van der Waals surface area contributed by atoms with Crippen molar-refractivity contribution in [1.29, 1.82) is 0 Å². The average Bonchev–Trinajstić information content (AvgIpc) is 2.72. The Balaban J connectivity index is 2.12. The summed E-state index contributed by atoms with van der Waals surface area (Å²) < 4.78 is 16.3. The molecule has 29 heavy (non-hydrogen) atoms. The van der Waals surface area contributed by atoms with Crippen LogP contribution in [-0.2, 0) is 11.3 Å². The molecule has 0 aliphatic carbocycles. The number of carbonyl (C=O) groups excluding carboxylic acids is 1. The van der Waals surface area contributed by atoms with Gasteiger partial charge in [0.15, 0.2) is 11.1 Å². The molecule has 8 nitrogen and oxygen atoms in total. The lowest BCUT2D eigenvalue weighted by Crippen LogP contribution is -2.21. The number of carbonyl (C=O) groups is 1. The standard InChI is InChI=1S/C19H15Cl2N3O5/c1-4-15(26)23-8-14-22-7-13-19(24-14)9(25)5-10(29-13)16-17(20)11(27-2)6-12(28-3)18(16)21/h4-7H,1,8H2,2-3H3,(H,23,26). The van der Waals surface area contributed by atoms with Gasteiger partial charge >= 0.3 is 0 Å². The molecular weight excluding hydrogens is 421 g/mol. The summed E-state index contributed by atoms with van der Waals surface area (Å²) in [5, 5.41) is 2.85. The van der Waals surface area contributed by atoms with Gasteiger partial charge in [-0.1, -0.05) is 29.8 Å². The second kappa shape index (κ2) is 8.50. The van der Waals surface area contributed by atoms with E-state index in [9.17, 15) is 9.59 Å². The van der Waals surface area contributed by atoms with Crippen LogP contribution in [0.3, 0.4) is 0 Å². The maximum Gasteiger partial charge on any atom is 0.243 e. The molecule has 3 rings (SSSR count). The molecule has 0 bridgehead atoms. The Kier molecular flexibility index (Phi) is 6.05. The zero-order valence-electron chi connectivity index (χ0n) is 15.4. The van der Waals surface area contributed by atoms with Crippen molar-refractivity contribution in [3.05, 3.63) is 57.1 Å². The van der Waals surface area contributed by atoms with Crippen LogP contribution in [0.25, 0.3) is 22.4 Å². The van der Waals surface area contributed by atoms with Crippen molar-refractivity contribution in [2.45, 2.75) is 6.54 Å². The quantitative estimate of drug-likeness (QED) is 0.591. The fraction of sp³-hybridized carbons (Fsp3) is 0.158. The summed E-state index contributed by atoms with van der Waals surface area (Å²) in [6.45, 7) is 3.39. The smallest absolute Gasteiger partial charge is 0.243 e. The van der Waals surface area contributed by atoms with E-state index >= 15 is 0 Å².